The lowest BCUT2D eigenvalue weighted by Crippen LogP contribution is -2.50. The van der Waals surface area contributed by atoms with Gasteiger partial charge in [0.05, 0.1) is 0 Å². The van der Waals surface area contributed by atoms with Crippen molar-refractivity contribution >= 4 is 0 Å². The third kappa shape index (κ3) is 4.28. The molecule has 0 aromatic carbocycles. The van der Waals surface area contributed by atoms with E-state index in [9.17, 15) is 0 Å². The molecule has 1 fully saturated rings. The van der Waals surface area contributed by atoms with E-state index < -0.39 is 0 Å². The Morgan fingerprint density at radius 1 is 1.24 bits per heavy atom. The minimum atomic E-state index is 0.168. The van der Waals surface area contributed by atoms with Crippen LogP contribution in [0.25, 0.3) is 0 Å². The van der Waals surface area contributed by atoms with Crippen molar-refractivity contribution in [2.75, 3.05) is 0 Å². The Labute approximate surface area is 109 Å². The van der Waals surface area contributed by atoms with Crippen molar-refractivity contribution in [1.82, 2.24) is 0 Å². The molecule has 1 aliphatic carbocycles. The number of nitrogens with two attached hydrogens (primary N) is 1. The summed E-state index contributed by atoms with van der Waals surface area (Å²) in [5.74, 6) is 1.65. The van der Waals surface area contributed by atoms with E-state index in [0.717, 1.165) is 11.8 Å². The Morgan fingerprint density at radius 2 is 2.00 bits per heavy atom. The Morgan fingerprint density at radius 3 is 2.59 bits per heavy atom. The van der Waals surface area contributed by atoms with E-state index in [0.29, 0.717) is 0 Å². The van der Waals surface area contributed by atoms with Crippen LogP contribution < -0.4 is 5.73 Å². The molecule has 0 amide bonds. The van der Waals surface area contributed by atoms with E-state index in [1.54, 1.807) is 0 Å². The first-order valence-corrected chi connectivity index (χ1v) is 7.95. The summed E-state index contributed by atoms with van der Waals surface area (Å²) in [5, 5.41) is 0. The molecule has 0 spiro atoms. The van der Waals surface area contributed by atoms with Gasteiger partial charge in [-0.05, 0) is 31.1 Å². The predicted octanol–water partition coefficient (Wildman–Crippen LogP) is 4.89. The maximum atomic E-state index is 6.76. The first kappa shape index (κ1) is 15.0. The second kappa shape index (κ2) is 7.41. The molecule has 17 heavy (non-hydrogen) atoms. The normalized spacial score (nSPS) is 31.4. The van der Waals surface area contributed by atoms with E-state index in [1.807, 2.05) is 0 Å². The third-order valence-electron chi connectivity index (χ3n) is 4.96. The summed E-state index contributed by atoms with van der Waals surface area (Å²) in [5.41, 5.74) is 6.93. The van der Waals surface area contributed by atoms with Gasteiger partial charge >= 0.3 is 0 Å². The Hall–Kier alpha value is -0.0400. The van der Waals surface area contributed by atoms with Crippen LogP contribution in [-0.2, 0) is 0 Å². The van der Waals surface area contributed by atoms with Gasteiger partial charge in [-0.1, -0.05) is 65.7 Å². The number of rotatable bonds is 7. The summed E-state index contributed by atoms with van der Waals surface area (Å²) in [6.07, 6.45) is 13.4. The van der Waals surface area contributed by atoms with Crippen molar-refractivity contribution in [3.63, 3.8) is 0 Å². The average Bonchev–Trinajstić information content (AvgIpc) is 2.35. The summed E-state index contributed by atoms with van der Waals surface area (Å²) in [7, 11) is 0. The summed E-state index contributed by atoms with van der Waals surface area (Å²) in [4.78, 5) is 0. The molecule has 3 unspecified atom stereocenters. The van der Waals surface area contributed by atoms with E-state index in [2.05, 4.69) is 20.8 Å². The largest absolute Gasteiger partial charge is 0.325 e. The van der Waals surface area contributed by atoms with Crippen molar-refractivity contribution in [1.29, 1.82) is 0 Å². The highest BCUT2D eigenvalue weighted by Gasteiger charge is 2.37. The fourth-order valence-electron chi connectivity index (χ4n) is 3.70. The van der Waals surface area contributed by atoms with Gasteiger partial charge in [-0.15, -0.1) is 0 Å². The third-order valence-corrected chi connectivity index (χ3v) is 4.96. The summed E-state index contributed by atoms with van der Waals surface area (Å²) in [6, 6.07) is 0. The molecular weight excluding hydrogens is 206 g/mol. The van der Waals surface area contributed by atoms with Crippen LogP contribution in [0.15, 0.2) is 0 Å². The summed E-state index contributed by atoms with van der Waals surface area (Å²) >= 11 is 0. The van der Waals surface area contributed by atoms with Crippen LogP contribution in [0.1, 0.15) is 85.0 Å². The highest BCUT2D eigenvalue weighted by atomic mass is 14.8. The molecular formula is C16H33N. The lowest BCUT2D eigenvalue weighted by Gasteiger charge is -2.43. The first-order valence-electron chi connectivity index (χ1n) is 7.95. The highest BCUT2D eigenvalue weighted by Crippen LogP contribution is 2.39. The van der Waals surface area contributed by atoms with Crippen LogP contribution in [0.3, 0.4) is 0 Å². The van der Waals surface area contributed by atoms with Crippen molar-refractivity contribution in [3.05, 3.63) is 0 Å². The molecule has 0 bridgehead atoms. The highest BCUT2D eigenvalue weighted by molar-refractivity contribution is 4.95. The second-order valence-corrected chi connectivity index (χ2v) is 6.20. The smallest absolute Gasteiger partial charge is 0.0185 e. The zero-order valence-electron chi connectivity index (χ0n) is 12.3. The van der Waals surface area contributed by atoms with Crippen LogP contribution in [0.4, 0.5) is 0 Å². The molecule has 1 nitrogen and oxygen atoms in total. The summed E-state index contributed by atoms with van der Waals surface area (Å²) in [6.45, 7) is 6.96. The van der Waals surface area contributed by atoms with Gasteiger partial charge in [0.2, 0.25) is 0 Å². The number of hydrogen-bond acceptors (Lipinski definition) is 1. The van der Waals surface area contributed by atoms with Gasteiger partial charge in [-0.3, -0.25) is 0 Å². The fraction of sp³-hybridized carbons (Fsp3) is 1.00. The zero-order valence-corrected chi connectivity index (χ0v) is 12.3. The van der Waals surface area contributed by atoms with Gasteiger partial charge in [0.25, 0.3) is 0 Å². The van der Waals surface area contributed by atoms with Gasteiger partial charge in [0.15, 0.2) is 0 Å². The molecule has 0 heterocycles. The van der Waals surface area contributed by atoms with Crippen molar-refractivity contribution < 1.29 is 0 Å². The molecule has 1 saturated carbocycles. The lowest BCUT2D eigenvalue weighted by atomic mass is 9.67. The van der Waals surface area contributed by atoms with Gasteiger partial charge in [0.1, 0.15) is 0 Å². The standard InChI is InChI=1S/C16H33N/c1-4-7-10-14(5-2)13-16(17)12-9-8-11-15(16)6-3/h14-15H,4-13,17H2,1-3H3. The molecule has 0 aromatic heterocycles. The lowest BCUT2D eigenvalue weighted by molar-refractivity contribution is 0.142. The quantitative estimate of drug-likeness (QED) is 0.672. The van der Waals surface area contributed by atoms with E-state index in [4.69, 9.17) is 5.73 Å². The molecule has 0 aliphatic heterocycles. The van der Waals surface area contributed by atoms with Crippen LogP contribution in [0, 0.1) is 11.8 Å². The fourth-order valence-corrected chi connectivity index (χ4v) is 3.70. The van der Waals surface area contributed by atoms with Crippen LogP contribution in [0.5, 0.6) is 0 Å². The van der Waals surface area contributed by atoms with Gasteiger partial charge < -0.3 is 5.73 Å². The van der Waals surface area contributed by atoms with Gasteiger partial charge in [-0.2, -0.15) is 0 Å². The van der Waals surface area contributed by atoms with Crippen molar-refractivity contribution in [2.45, 2.75) is 90.5 Å². The van der Waals surface area contributed by atoms with Crippen LogP contribution in [0.2, 0.25) is 0 Å². The first-order chi connectivity index (χ1) is 8.16. The zero-order chi connectivity index (χ0) is 12.7. The molecule has 3 atom stereocenters. The molecule has 102 valence electrons. The number of hydrogen-bond donors (Lipinski definition) is 1. The molecule has 0 saturated heterocycles. The molecule has 0 aromatic rings. The number of unbranched alkanes of at least 4 members (excludes halogenated alkanes) is 1. The second-order valence-electron chi connectivity index (χ2n) is 6.20. The Balaban J connectivity index is 2.54. The monoisotopic (exact) mass is 239 g/mol. The molecule has 2 N–H and O–H groups in total. The minimum absolute atomic E-state index is 0.168. The Kier molecular flexibility index (Phi) is 6.54. The van der Waals surface area contributed by atoms with Crippen molar-refractivity contribution in [2.24, 2.45) is 17.6 Å². The van der Waals surface area contributed by atoms with E-state index in [-0.39, 0.29) is 5.54 Å². The maximum Gasteiger partial charge on any atom is 0.0185 e. The molecule has 1 heteroatoms. The molecule has 1 aliphatic rings. The van der Waals surface area contributed by atoms with E-state index >= 15 is 0 Å². The van der Waals surface area contributed by atoms with E-state index in [1.165, 1.54) is 64.2 Å². The SMILES string of the molecule is CCCCC(CC)CC1(N)CCCCC1CC. The molecule has 0 radical (unpaired) electrons. The average molecular weight is 239 g/mol. The molecule has 1 rings (SSSR count). The van der Waals surface area contributed by atoms with Crippen LogP contribution in [-0.4, -0.2) is 5.54 Å². The maximum absolute atomic E-state index is 6.76. The van der Waals surface area contributed by atoms with Gasteiger partial charge in [-0.25, -0.2) is 0 Å². The van der Waals surface area contributed by atoms with Crippen molar-refractivity contribution in [3.8, 4) is 0 Å². The topological polar surface area (TPSA) is 26.0 Å². The Bertz CT molecular complexity index is 202. The van der Waals surface area contributed by atoms with Gasteiger partial charge in [0, 0.05) is 5.54 Å². The minimum Gasteiger partial charge on any atom is -0.325 e. The predicted molar refractivity (Wildman–Crippen MR) is 77.1 cm³/mol. The summed E-state index contributed by atoms with van der Waals surface area (Å²) < 4.78 is 0. The van der Waals surface area contributed by atoms with Crippen LogP contribution >= 0.6 is 0 Å².